The maximum Gasteiger partial charge on any atom is 0.407 e. The van der Waals surface area contributed by atoms with Gasteiger partial charge in [0.2, 0.25) is 11.8 Å². The molecule has 36 heavy (non-hydrogen) atoms. The number of nitrogens with one attached hydrogen (secondary N) is 2. The van der Waals surface area contributed by atoms with E-state index in [1.165, 1.54) is 4.90 Å². The Bertz CT molecular complexity index is 951. The van der Waals surface area contributed by atoms with Gasteiger partial charge in [0.15, 0.2) is 5.84 Å². The summed E-state index contributed by atoms with van der Waals surface area (Å²) in [6, 6.07) is 5.76. The van der Waals surface area contributed by atoms with Gasteiger partial charge in [-0.3, -0.25) is 9.59 Å². The summed E-state index contributed by atoms with van der Waals surface area (Å²) in [5, 5.41) is 16.7. The van der Waals surface area contributed by atoms with E-state index in [0.29, 0.717) is 18.7 Å². The number of carbonyl (C=O) groups is 4. The maximum atomic E-state index is 12.6. The van der Waals surface area contributed by atoms with Crippen LogP contribution in [0.4, 0.5) is 10.5 Å². The fourth-order valence-electron chi connectivity index (χ4n) is 3.30. The number of hydrogen-bond donors (Lipinski definition) is 4. The molecule has 1 saturated heterocycles. The number of alkyl carbamates (subject to hydrolysis) is 1. The Labute approximate surface area is 209 Å². The smallest absolute Gasteiger partial charge is 0.407 e. The van der Waals surface area contributed by atoms with Crippen LogP contribution < -0.4 is 21.3 Å². The Hall–Kier alpha value is -4.03. The summed E-state index contributed by atoms with van der Waals surface area (Å²) in [6.07, 6.45) is -0.790. The highest BCUT2D eigenvalue weighted by atomic mass is 16.6. The number of anilines is 1. The summed E-state index contributed by atoms with van der Waals surface area (Å²) in [4.78, 5) is 52.5. The topological polar surface area (TPSA) is 176 Å². The van der Waals surface area contributed by atoms with Crippen molar-refractivity contribution in [1.29, 1.82) is 0 Å². The van der Waals surface area contributed by atoms with Crippen LogP contribution in [0.1, 0.15) is 26.3 Å². The molecule has 198 valence electrons. The molecule has 2 rings (SSSR count). The number of piperazine rings is 1. The summed E-state index contributed by atoms with van der Waals surface area (Å²) in [5.74, 6) is -1.32. The Morgan fingerprint density at radius 2 is 1.86 bits per heavy atom. The van der Waals surface area contributed by atoms with Gasteiger partial charge < -0.3 is 40.8 Å². The molecule has 0 spiro atoms. The third kappa shape index (κ3) is 8.64. The van der Waals surface area contributed by atoms with E-state index in [9.17, 15) is 19.2 Å². The lowest BCUT2D eigenvalue weighted by molar-refractivity contribution is -0.145. The molecular weight excluding hydrogens is 472 g/mol. The fourth-order valence-corrected chi connectivity index (χ4v) is 3.30. The first kappa shape index (κ1) is 28.2. The number of nitrogens with zero attached hydrogens (tertiary/aromatic N) is 3. The number of carbonyl (C=O) groups excluding carboxylic acids is 4. The predicted molar refractivity (Wildman–Crippen MR) is 130 cm³/mol. The summed E-state index contributed by atoms with van der Waals surface area (Å²) in [5.41, 5.74) is 6.90. The van der Waals surface area contributed by atoms with Crippen LogP contribution in [0.2, 0.25) is 0 Å². The Morgan fingerprint density at radius 1 is 1.17 bits per heavy atom. The monoisotopic (exact) mass is 506 g/mol. The third-order valence-electron chi connectivity index (χ3n) is 5.20. The van der Waals surface area contributed by atoms with E-state index >= 15 is 0 Å². The van der Waals surface area contributed by atoms with E-state index in [1.54, 1.807) is 31.2 Å². The molecule has 1 aliphatic heterocycles. The van der Waals surface area contributed by atoms with Gasteiger partial charge in [-0.25, -0.2) is 9.59 Å². The molecule has 0 saturated carbocycles. The molecule has 5 N–H and O–H groups in total. The third-order valence-corrected chi connectivity index (χ3v) is 5.20. The van der Waals surface area contributed by atoms with Crippen LogP contribution in [0.3, 0.4) is 0 Å². The minimum atomic E-state index is -1.13. The molecule has 1 aromatic rings. The molecule has 0 bridgehead atoms. The number of nitrogens with two attached hydrogens (primary N) is 1. The highest BCUT2D eigenvalue weighted by Crippen LogP contribution is 2.18. The zero-order valence-electron chi connectivity index (χ0n) is 20.7. The second-order valence-corrected chi connectivity index (χ2v) is 8.51. The quantitative estimate of drug-likeness (QED) is 0.105. The molecule has 0 aliphatic carbocycles. The first-order valence-corrected chi connectivity index (χ1v) is 11.6. The zero-order chi connectivity index (χ0) is 26.7. The molecule has 1 aliphatic rings. The van der Waals surface area contributed by atoms with Gasteiger partial charge in [-0.15, -0.1) is 0 Å². The lowest BCUT2D eigenvalue weighted by Gasteiger charge is -2.35. The molecular formula is C23H34N6O7. The van der Waals surface area contributed by atoms with Gasteiger partial charge in [0.1, 0.15) is 6.04 Å². The molecule has 13 nitrogen and oxygen atoms in total. The van der Waals surface area contributed by atoms with E-state index in [-0.39, 0.29) is 50.5 Å². The first-order valence-electron chi connectivity index (χ1n) is 11.6. The number of benzene rings is 1. The van der Waals surface area contributed by atoms with Gasteiger partial charge in [-0.2, -0.15) is 0 Å². The molecule has 0 radical (unpaired) electrons. The van der Waals surface area contributed by atoms with Gasteiger partial charge in [0.25, 0.3) is 0 Å². The molecule has 0 aromatic heterocycles. The van der Waals surface area contributed by atoms with Gasteiger partial charge in [-0.1, -0.05) is 19.0 Å². The predicted octanol–water partition coefficient (Wildman–Crippen LogP) is -0.140. The van der Waals surface area contributed by atoms with Gasteiger partial charge in [0.05, 0.1) is 26.3 Å². The van der Waals surface area contributed by atoms with Crippen molar-refractivity contribution in [3.63, 3.8) is 0 Å². The van der Waals surface area contributed by atoms with Crippen LogP contribution in [0.15, 0.2) is 29.4 Å². The molecule has 3 amide bonds. The number of oxime groups is 1. The first-order chi connectivity index (χ1) is 17.1. The summed E-state index contributed by atoms with van der Waals surface area (Å²) in [7, 11) is 0. The highest BCUT2D eigenvalue weighted by molar-refractivity contribution is 5.97. The molecule has 1 aromatic carbocycles. The number of ether oxygens (including phenoxy) is 2. The summed E-state index contributed by atoms with van der Waals surface area (Å²) >= 11 is 0. The van der Waals surface area contributed by atoms with Crippen molar-refractivity contribution in [2.75, 3.05) is 50.8 Å². The van der Waals surface area contributed by atoms with Crippen molar-refractivity contribution in [2.45, 2.75) is 26.8 Å². The van der Waals surface area contributed by atoms with Crippen LogP contribution in [0.5, 0.6) is 0 Å². The Morgan fingerprint density at radius 3 is 2.44 bits per heavy atom. The number of esters is 1. The standard InChI is InChI=1S/C23H34N6O7/c1-4-35-22(32)18(26-23(33)36-14-15(2)3)11-25-19(30)12-29-10-9-28(13-20(29)31)17-7-5-16(6-8-17)21(24)27-34/h5-8,15,18,34H,4,9-14H2,1-3H3,(H2,24,27)(H,25,30)(H,26,33)/t18-/m0/s1. The Balaban J connectivity index is 1.87. The van der Waals surface area contributed by atoms with E-state index < -0.39 is 24.0 Å². The van der Waals surface area contributed by atoms with Crippen molar-refractivity contribution < 1.29 is 33.9 Å². The summed E-state index contributed by atoms with van der Waals surface area (Å²) < 4.78 is 9.98. The lowest BCUT2D eigenvalue weighted by Crippen LogP contribution is -2.54. The molecule has 13 heteroatoms. The zero-order valence-corrected chi connectivity index (χ0v) is 20.7. The SMILES string of the molecule is CCOC(=O)[C@H](CNC(=O)CN1CCN(c2ccc(C(N)=NO)cc2)CC1=O)NC(=O)OCC(C)C. The van der Waals surface area contributed by atoms with Gasteiger partial charge in [-0.05, 0) is 37.1 Å². The number of hydrogen-bond acceptors (Lipinski definition) is 9. The molecule has 1 fully saturated rings. The van der Waals surface area contributed by atoms with Crippen molar-refractivity contribution in [3.05, 3.63) is 29.8 Å². The van der Waals surface area contributed by atoms with Crippen molar-refractivity contribution >= 4 is 35.4 Å². The van der Waals surface area contributed by atoms with Crippen molar-refractivity contribution in [1.82, 2.24) is 15.5 Å². The van der Waals surface area contributed by atoms with Crippen LogP contribution in [-0.4, -0.2) is 91.8 Å². The second-order valence-electron chi connectivity index (χ2n) is 8.51. The van der Waals surface area contributed by atoms with Crippen molar-refractivity contribution in [2.24, 2.45) is 16.8 Å². The number of amides is 3. The second kappa shape index (κ2) is 13.8. The molecule has 1 atom stereocenters. The largest absolute Gasteiger partial charge is 0.464 e. The van der Waals surface area contributed by atoms with E-state index in [2.05, 4.69) is 15.8 Å². The van der Waals surface area contributed by atoms with Crippen molar-refractivity contribution in [3.8, 4) is 0 Å². The van der Waals surface area contributed by atoms with Crippen LogP contribution in [-0.2, 0) is 23.9 Å². The van der Waals surface area contributed by atoms with Gasteiger partial charge in [0, 0.05) is 30.9 Å². The minimum absolute atomic E-state index is 0.0127. The Kier molecular flexibility index (Phi) is 10.8. The fraction of sp³-hybridized carbons (Fsp3) is 0.522. The molecule has 1 heterocycles. The maximum absolute atomic E-state index is 12.6. The van der Waals surface area contributed by atoms with E-state index in [0.717, 1.165) is 5.69 Å². The summed E-state index contributed by atoms with van der Waals surface area (Å²) in [6.45, 7) is 6.14. The minimum Gasteiger partial charge on any atom is -0.464 e. The lowest BCUT2D eigenvalue weighted by atomic mass is 10.1. The number of amidine groups is 1. The molecule has 0 unspecified atom stereocenters. The van der Waals surface area contributed by atoms with Crippen LogP contribution >= 0.6 is 0 Å². The van der Waals surface area contributed by atoms with E-state index in [4.69, 9.17) is 20.4 Å². The average Bonchev–Trinajstić information content (AvgIpc) is 2.86. The van der Waals surface area contributed by atoms with Crippen LogP contribution in [0.25, 0.3) is 0 Å². The highest BCUT2D eigenvalue weighted by Gasteiger charge is 2.27. The average molecular weight is 507 g/mol. The number of rotatable bonds is 11. The van der Waals surface area contributed by atoms with E-state index in [1.807, 2.05) is 18.7 Å². The normalized spacial score (nSPS) is 14.9. The van der Waals surface area contributed by atoms with Gasteiger partial charge >= 0.3 is 12.1 Å². The van der Waals surface area contributed by atoms with Crippen LogP contribution in [0, 0.1) is 5.92 Å².